The Kier molecular flexibility index (Phi) is 7.22. The Labute approximate surface area is 193 Å². The number of rotatable bonds is 9. The minimum absolute atomic E-state index is 0.0156. The number of anilines is 1. The van der Waals surface area contributed by atoms with Gasteiger partial charge in [-0.3, -0.25) is 14.9 Å². The van der Waals surface area contributed by atoms with E-state index in [2.05, 4.69) is 15.0 Å². The zero-order valence-corrected chi connectivity index (χ0v) is 19.5. The molecule has 1 amide bonds. The average molecular weight is 511 g/mol. The van der Waals surface area contributed by atoms with Gasteiger partial charge in [-0.1, -0.05) is 29.0 Å². The molecule has 1 aromatic heterocycles. The zero-order valence-electron chi connectivity index (χ0n) is 17.1. The van der Waals surface area contributed by atoms with Gasteiger partial charge in [-0.25, -0.2) is 26.5 Å². The number of benzene rings is 2. The molecule has 0 unspecified atom stereocenters. The molecule has 2 N–H and O–H groups in total. The Hall–Kier alpha value is -3.20. The molecular formula is C19H18N4O7S3. The number of hydrogen-bond donors (Lipinski definition) is 2. The highest BCUT2D eigenvalue weighted by Gasteiger charge is 2.22. The van der Waals surface area contributed by atoms with Crippen molar-refractivity contribution in [3.8, 4) is 0 Å². The fourth-order valence-corrected chi connectivity index (χ4v) is 6.07. The maximum absolute atomic E-state index is 12.7. The van der Waals surface area contributed by atoms with Crippen LogP contribution in [0.25, 0.3) is 0 Å². The van der Waals surface area contributed by atoms with Crippen molar-refractivity contribution in [2.75, 3.05) is 11.9 Å². The summed E-state index contributed by atoms with van der Waals surface area (Å²) in [5.41, 5.74) is 0.663. The molecule has 0 saturated carbocycles. The molecule has 14 heteroatoms. The number of nitrogens with zero attached hydrogens (tertiary/aromatic N) is 2. The number of amides is 1. The Morgan fingerprint density at radius 2 is 1.64 bits per heavy atom. The highest BCUT2D eigenvalue weighted by atomic mass is 32.2. The number of carbonyl (C=O) groups excluding carboxylic acids is 1. The van der Waals surface area contributed by atoms with Gasteiger partial charge in [0.1, 0.15) is 4.21 Å². The smallest absolute Gasteiger partial charge is 0.269 e. The van der Waals surface area contributed by atoms with Gasteiger partial charge in [-0.15, -0.1) is 0 Å². The number of hydrogen-bond acceptors (Lipinski definition) is 9. The second-order valence-electron chi connectivity index (χ2n) is 6.75. The Balaban J connectivity index is 1.59. The summed E-state index contributed by atoms with van der Waals surface area (Å²) in [6.07, 6.45) is 0.867. The lowest BCUT2D eigenvalue weighted by Crippen LogP contribution is -2.27. The Morgan fingerprint density at radius 3 is 2.24 bits per heavy atom. The van der Waals surface area contributed by atoms with E-state index < -0.39 is 30.7 Å². The van der Waals surface area contributed by atoms with Crippen molar-refractivity contribution >= 4 is 47.9 Å². The third kappa shape index (κ3) is 5.98. The molecule has 0 saturated heterocycles. The van der Waals surface area contributed by atoms with Crippen molar-refractivity contribution in [1.29, 1.82) is 0 Å². The third-order valence-electron chi connectivity index (χ3n) is 4.33. The number of carbonyl (C=O) groups is 1. The van der Waals surface area contributed by atoms with Crippen LogP contribution in [0.3, 0.4) is 0 Å². The minimum Gasteiger partial charge on any atom is -0.302 e. The van der Waals surface area contributed by atoms with E-state index in [0.717, 1.165) is 36.0 Å². The van der Waals surface area contributed by atoms with Gasteiger partial charge >= 0.3 is 0 Å². The normalized spacial score (nSPS) is 11.8. The molecule has 0 aliphatic heterocycles. The number of thiazole rings is 1. The second kappa shape index (κ2) is 9.74. The summed E-state index contributed by atoms with van der Waals surface area (Å²) in [4.78, 5) is 26.0. The van der Waals surface area contributed by atoms with Crippen LogP contribution in [0.15, 0.2) is 68.7 Å². The summed E-state index contributed by atoms with van der Waals surface area (Å²) >= 11 is 0.707. The van der Waals surface area contributed by atoms with Crippen LogP contribution >= 0.6 is 11.3 Å². The lowest BCUT2D eigenvalue weighted by molar-refractivity contribution is -0.384. The van der Waals surface area contributed by atoms with Crippen molar-refractivity contribution in [1.82, 2.24) is 9.71 Å². The first-order chi connectivity index (χ1) is 15.5. The first-order valence-corrected chi connectivity index (χ1v) is 13.1. The highest BCUT2D eigenvalue weighted by molar-refractivity contribution is 7.93. The fraction of sp³-hybridized carbons (Fsp3) is 0.158. The molecule has 0 fully saturated rings. The second-order valence-corrected chi connectivity index (χ2v) is 11.7. The van der Waals surface area contributed by atoms with E-state index in [1.807, 2.05) is 6.92 Å². The quantitative estimate of drug-likeness (QED) is 0.327. The summed E-state index contributed by atoms with van der Waals surface area (Å²) < 4.78 is 52.0. The van der Waals surface area contributed by atoms with E-state index in [1.54, 1.807) is 12.1 Å². The van der Waals surface area contributed by atoms with Gasteiger partial charge in [0.05, 0.1) is 20.9 Å². The topological polar surface area (TPSA) is 165 Å². The number of nitro groups is 1. The summed E-state index contributed by atoms with van der Waals surface area (Å²) in [6, 6.07) is 10.6. The standard InChI is InChI=1S/C19H18N4O7S3/c1-13-2-6-16(7-3-13)33(29,30)21-11-10-17(24)22-19-20-12-18(31-19)32(27,28)15-8-4-14(5-9-15)23(25)26/h2-9,12,21H,10-11H2,1H3,(H,20,22,24). The van der Waals surface area contributed by atoms with Crippen molar-refractivity contribution in [2.24, 2.45) is 0 Å². The van der Waals surface area contributed by atoms with Gasteiger partial charge < -0.3 is 5.32 Å². The predicted molar refractivity (Wildman–Crippen MR) is 120 cm³/mol. The molecule has 3 rings (SSSR count). The van der Waals surface area contributed by atoms with Crippen LogP contribution in [0.4, 0.5) is 10.8 Å². The molecule has 2 aromatic carbocycles. The van der Waals surface area contributed by atoms with Crippen LogP contribution in [0.2, 0.25) is 0 Å². The van der Waals surface area contributed by atoms with E-state index in [-0.39, 0.29) is 37.8 Å². The Morgan fingerprint density at radius 1 is 1.03 bits per heavy atom. The van der Waals surface area contributed by atoms with Crippen molar-refractivity contribution in [3.05, 3.63) is 70.4 Å². The van der Waals surface area contributed by atoms with E-state index in [0.29, 0.717) is 11.3 Å². The first kappa shape index (κ1) is 24.4. The molecule has 1 heterocycles. The number of non-ortho nitro benzene ring substituents is 1. The molecule has 0 aliphatic carbocycles. The first-order valence-electron chi connectivity index (χ1n) is 9.30. The van der Waals surface area contributed by atoms with E-state index >= 15 is 0 Å². The van der Waals surface area contributed by atoms with Crippen molar-refractivity contribution in [2.45, 2.75) is 27.3 Å². The SMILES string of the molecule is Cc1ccc(S(=O)(=O)NCCC(=O)Nc2ncc(S(=O)(=O)c3ccc([N+](=O)[O-])cc3)s2)cc1. The maximum Gasteiger partial charge on any atom is 0.269 e. The average Bonchev–Trinajstić information content (AvgIpc) is 3.23. The molecular weight excluding hydrogens is 492 g/mol. The monoisotopic (exact) mass is 510 g/mol. The predicted octanol–water partition coefficient (Wildman–Crippen LogP) is 2.50. The zero-order chi connectivity index (χ0) is 24.2. The number of nitrogens with one attached hydrogen (secondary N) is 2. The van der Waals surface area contributed by atoms with Crippen LogP contribution in [-0.4, -0.2) is 39.2 Å². The molecule has 0 atom stereocenters. The van der Waals surface area contributed by atoms with Gasteiger partial charge in [0.25, 0.3) is 5.69 Å². The fourth-order valence-electron chi connectivity index (χ4n) is 2.59. The van der Waals surface area contributed by atoms with E-state index in [9.17, 15) is 31.7 Å². The minimum atomic E-state index is -3.98. The molecule has 11 nitrogen and oxygen atoms in total. The summed E-state index contributed by atoms with van der Waals surface area (Å²) in [5, 5.41) is 13.2. The van der Waals surface area contributed by atoms with Crippen molar-refractivity contribution in [3.63, 3.8) is 0 Å². The van der Waals surface area contributed by atoms with Crippen LogP contribution in [-0.2, 0) is 24.7 Å². The van der Waals surface area contributed by atoms with Crippen molar-refractivity contribution < 1.29 is 26.6 Å². The lowest BCUT2D eigenvalue weighted by Gasteiger charge is -2.07. The molecule has 0 bridgehead atoms. The van der Waals surface area contributed by atoms with Crippen LogP contribution in [0, 0.1) is 17.0 Å². The number of aromatic nitrogens is 1. The maximum atomic E-state index is 12.7. The van der Waals surface area contributed by atoms with Crippen LogP contribution in [0.1, 0.15) is 12.0 Å². The number of sulfonamides is 1. The van der Waals surface area contributed by atoms with Gasteiger partial charge in [0.2, 0.25) is 25.8 Å². The molecule has 0 spiro atoms. The number of aryl methyl sites for hydroxylation is 1. The van der Waals surface area contributed by atoms with Gasteiger partial charge in [0.15, 0.2) is 5.13 Å². The molecule has 33 heavy (non-hydrogen) atoms. The largest absolute Gasteiger partial charge is 0.302 e. The lowest BCUT2D eigenvalue weighted by atomic mass is 10.2. The Bertz CT molecular complexity index is 1380. The third-order valence-corrected chi connectivity index (χ3v) is 8.95. The summed E-state index contributed by atoms with van der Waals surface area (Å²) in [7, 11) is -7.74. The summed E-state index contributed by atoms with van der Waals surface area (Å²) in [6.45, 7) is 1.66. The van der Waals surface area contributed by atoms with Gasteiger partial charge in [-0.05, 0) is 31.2 Å². The highest BCUT2D eigenvalue weighted by Crippen LogP contribution is 2.29. The molecule has 174 valence electrons. The van der Waals surface area contributed by atoms with Gasteiger partial charge in [0, 0.05) is 25.1 Å². The molecule has 0 aliphatic rings. The van der Waals surface area contributed by atoms with E-state index in [4.69, 9.17) is 0 Å². The summed E-state index contributed by atoms with van der Waals surface area (Å²) in [5.74, 6) is -0.560. The number of sulfone groups is 1. The molecule has 0 radical (unpaired) electrons. The molecule has 3 aromatic rings. The van der Waals surface area contributed by atoms with Crippen LogP contribution in [0.5, 0.6) is 0 Å². The van der Waals surface area contributed by atoms with E-state index in [1.165, 1.54) is 12.1 Å². The van der Waals surface area contributed by atoms with Crippen LogP contribution < -0.4 is 10.0 Å². The number of nitro benzene ring substituents is 1. The van der Waals surface area contributed by atoms with Gasteiger partial charge in [-0.2, -0.15) is 0 Å².